The molecule has 0 aromatic heterocycles. The lowest BCUT2D eigenvalue weighted by Gasteiger charge is -2.29. The van der Waals surface area contributed by atoms with Gasteiger partial charge in [0.1, 0.15) is 5.82 Å². The normalized spacial score (nSPS) is 15.6. The molecule has 1 aromatic carbocycles. The summed E-state index contributed by atoms with van der Waals surface area (Å²) in [6, 6.07) is 5.13. The number of aliphatic carboxylic acids is 1. The topological polar surface area (TPSA) is 119 Å². The van der Waals surface area contributed by atoms with E-state index >= 15 is 0 Å². The molecule has 1 aromatic rings. The third-order valence-corrected chi connectivity index (χ3v) is 4.62. The fourth-order valence-electron chi connectivity index (χ4n) is 1.99. The molecule has 1 aliphatic rings. The van der Waals surface area contributed by atoms with E-state index in [0.717, 1.165) is 16.6 Å². The van der Waals surface area contributed by atoms with Gasteiger partial charge in [0.15, 0.2) is 5.84 Å². The van der Waals surface area contributed by atoms with E-state index in [-0.39, 0.29) is 23.5 Å². The Kier molecular flexibility index (Phi) is 5.26. The minimum atomic E-state index is -4.23. The van der Waals surface area contributed by atoms with Crippen molar-refractivity contribution in [1.29, 1.82) is 0 Å². The molecule has 0 bridgehead atoms. The molecular formula is C15H18FN3O5S. The molecule has 0 saturated heterocycles. The molecular weight excluding hydrogens is 353 g/mol. The molecule has 2 rings (SSSR count). The van der Waals surface area contributed by atoms with Gasteiger partial charge in [-0.2, -0.15) is 13.1 Å². The Hall–Kier alpha value is -2.30. The van der Waals surface area contributed by atoms with Crippen LogP contribution in [0, 0.1) is 5.82 Å². The highest BCUT2D eigenvalue weighted by atomic mass is 32.2. The summed E-state index contributed by atoms with van der Waals surface area (Å²) in [7, 11) is -4.23. The van der Waals surface area contributed by atoms with Crippen LogP contribution in [-0.2, 0) is 15.0 Å². The lowest BCUT2D eigenvalue weighted by molar-refractivity contribution is -0.132. The predicted molar refractivity (Wildman–Crippen MR) is 88.6 cm³/mol. The first-order chi connectivity index (χ1) is 11.5. The van der Waals surface area contributed by atoms with Crippen LogP contribution in [0.2, 0.25) is 0 Å². The van der Waals surface area contributed by atoms with Crippen molar-refractivity contribution in [3.63, 3.8) is 0 Å². The van der Waals surface area contributed by atoms with Crippen molar-refractivity contribution in [3.05, 3.63) is 47.4 Å². The first kappa shape index (κ1) is 19.0. The molecule has 10 heteroatoms. The van der Waals surface area contributed by atoms with Crippen LogP contribution in [0.15, 0.2) is 41.0 Å². The molecule has 1 aliphatic heterocycles. The second-order valence-corrected chi connectivity index (χ2v) is 7.75. The Morgan fingerprint density at radius 3 is 2.68 bits per heavy atom. The first-order valence-corrected chi connectivity index (χ1v) is 8.69. The third kappa shape index (κ3) is 4.84. The highest BCUT2D eigenvalue weighted by Crippen LogP contribution is 2.18. The largest absolute Gasteiger partial charge is 0.478 e. The van der Waals surface area contributed by atoms with Crippen molar-refractivity contribution in [2.75, 3.05) is 13.1 Å². The maximum absolute atomic E-state index is 13.5. The molecule has 0 fully saturated rings. The smallest absolute Gasteiger partial charge is 0.335 e. The summed E-state index contributed by atoms with van der Waals surface area (Å²) >= 11 is 0. The van der Waals surface area contributed by atoms with E-state index in [1.54, 1.807) is 0 Å². The van der Waals surface area contributed by atoms with E-state index in [4.69, 9.17) is 5.11 Å². The number of carbonyl (C=O) groups is 1. The van der Waals surface area contributed by atoms with Crippen LogP contribution in [0.1, 0.15) is 19.4 Å². The van der Waals surface area contributed by atoms with Crippen LogP contribution in [0.4, 0.5) is 4.39 Å². The zero-order valence-electron chi connectivity index (χ0n) is 13.6. The van der Waals surface area contributed by atoms with Crippen LogP contribution in [0.5, 0.6) is 0 Å². The Bertz CT molecular complexity index is 843. The summed E-state index contributed by atoms with van der Waals surface area (Å²) in [6.45, 7) is 2.05. The van der Waals surface area contributed by atoms with Crippen LogP contribution >= 0.6 is 0 Å². The number of halogens is 1. The Labute approximate surface area is 144 Å². The number of nitrogens with one attached hydrogen (secondary N) is 1. The summed E-state index contributed by atoms with van der Waals surface area (Å²) in [5, 5.41) is 18.8. The highest BCUT2D eigenvalue weighted by Gasteiger charge is 2.32. The minimum absolute atomic E-state index is 0.118. The van der Waals surface area contributed by atoms with E-state index in [1.165, 1.54) is 32.0 Å². The molecule has 0 atom stereocenters. The molecule has 1 heterocycles. The summed E-state index contributed by atoms with van der Waals surface area (Å²) in [5.41, 5.74) is -1.38. The SMILES string of the molecule is CC(C)(O)CNS(=O)(=O)N1CC(C(=O)O)=CN=C1c1cccc(F)c1. The molecule has 0 saturated carbocycles. The molecule has 136 valence electrons. The number of carboxylic acids is 1. The van der Waals surface area contributed by atoms with E-state index in [0.29, 0.717) is 0 Å². The van der Waals surface area contributed by atoms with Gasteiger partial charge in [-0.25, -0.2) is 18.5 Å². The van der Waals surface area contributed by atoms with Crippen molar-refractivity contribution in [3.8, 4) is 0 Å². The number of hydrogen-bond donors (Lipinski definition) is 3. The Morgan fingerprint density at radius 1 is 1.44 bits per heavy atom. The Morgan fingerprint density at radius 2 is 2.12 bits per heavy atom. The van der Waals surface area contributed by atoms with Crippen molar-refractivity contribution in [2.45, 2.75) is 19.4 Å². The van der Waals surface area contributed by atoms with Gasteiger partial charge in [-0.3, -0.25) is 0 Å². The average Bonchev–Trinajstić information content (AvgIpc) is 2.52. The first-order valence-electron chi connectivity index (χ1n) is 7.25. The molecule has 25 heavy (non-hydrogen) atoms. The number of hydrogen-bond acceptors (Lipinski definition) is 5. The number of aliphatic hydroxyl groups is 1. The fraction of sp³-hybridized carbons (Fsp3) is 0.333. The maximum atomic E-state index is 13.5. The van der Waals surface area contributed by atoms with Crippen molar-refractivity contribution < 1.29 is 27.8 Å². The van der Waals surface area contributed by atoms with Crippen LogP contribution in [0.3, 0.4) is 0 Å². The van der Waals surface area contributed by atoms with Gasteiger partial charge in [0.05, 0.1) is 17.7 Å². The van der Waals surface area contributed by atoms with Gasteiger partial charge in [0.25, 0.3) is 0 Å². The van der Waals surface area contributed by atoms with E-state index in [9.17, 15) is 22.7 Å². The lowest BCUT2D eigenvalue weighted by Crippen LogP contribution is -2.50. The lowest BCUT2D eigenvalue weighted by atomic mass is 10.1. The average molecular weight is 371 g/mol. The monoisotopic (exact) mass is 371 g/mol. The summed E-state index contributed by atoms with van der Waals surface area (Å²) in [5.74, 6) is -2.02. The van der Waals surface area contributed by atoms with Gasteiger partial charge >= 0.3 is 16.2 Å². The maximum Gasteiger partial charge on any atom is 0.335 e. The molecule has 0 amide bonds. The predicted octanol–water partition coefficient (Wildman–Crippen LogP) is 0.462. The number of benzene rings is 1. The van der Waals surface area contributed by atoms with Crippen LogP contribution in [-0.4, -0.2) is 53.4 Å². The second-order valence-electron chi connectivity index (χ2n) is 6.07. The molecule has 8 nitrogen and oxygen atoms in total. The van der Waals surface area contributed by atoms with Gasteiger partial charge in [0, 0.05) is 18.3 Å². The number of aliphatic imine (C=N–C) groups is 1. The number of carboxylic acid groups (broad SMARTS) is 1. The van der Waals surface area contributed by atoms with E-state index < -0.39 is 34.1 Å². The van der Waals surface area contributed by atoms with Crippen molar-refractivity contribution >= 4 is 22.0 Å². The third-order valence-electron chi connectivity index (χ3n) is 3.23. The molecule has 0 spiro atoms. The van der Waals surface area contributed by atoms with Gasteiger partial charge in [-0.1, -0.05) is 12.1 Å². The van der Waals surface area contributed by atoms with Crippen molar-refractivity contribution in [2.24, 2.45) is 4.99 Å². The van der Waals surface area contributed by atoms with Gasteiger partial charge in [-0.05, 0) is 26.0 Å². The molecule has 3 N–H and O–H groups in total. The van der Waals surface area contributed by atoms with Gasteiger partial charge in [-0.15, -0.1) is 0 Å². The van der Waals surface area contributed by atoms with Crippen LogP contribution in [0.25, 0.3) is 0 Å². The molecule has 0 unspecified atom stereocenters. The zero-order valence-corrected chi connectivity index (χ0v) is 14.4. The Balaban J connectivity index is 2.44. The standard InChI is InChI=1S/C15H18FN3O5S/c1-15(2,22)9-18-25(23,24)19-8-11(14(20)21)7-17-13(19)10-4-3-5-12(16)6-10/h3-7,18,22H,8-9H2,1-2H3,(H,20,21). The number of nitrogens with zero attached hydrogens (tertiary/aromatic N) is 2. The highest BCUT2D eigenvalue weighted by molar-refractivity contribution is 7.87. The quantitative estimate of drug-likeness (QED) is 0.671. The minimum Gasteiger partial charge on any atom is -0.478 e. The number of amidine groups is 1. The van der Waals surface area contributed by atoms with Gasteiger partial charge in [0.2, 0.25) is 0 Å². The van der Waals surface area contributed by atoms with Crippen LogP contribution < -0.4 is 4.72 Å². The zero-order chi connectivity index (χ0) is 18.8. The summed E-state index contributed by atoms with van der Waals surface area (Å²) < 4.78 is 41.6. The fourth-order valence-corrected chi connectivity index (χ4v) is 3.37. The summed E-state index contributed by atoms with van der Waals surface area (Å²) in [6.07, 6.45) is 1.03. The summed E-state index contributed by atoms with van der Waals surface area (Å²) in [4.78, 5) is 15.0. The van der Waals surface area contributed by atoms with E-state index in [1.807, 2.05) is 0 Å². The van der Waals surface area contributed by atoms with Crippen molar-refractivity contribution in [1.82, 2.24) is 9.03 Å². The second kappa shape index (κ2) is 6.90. The van der Waals surface area contributed by atoms with Gasteiger partial charge < -0.3 is 10.2 Å². The number of rotatable bonds is 6. The van der Waals surface area contributed by atoms with E-state index in [2.05, 4.69) is 9.71 Å². The molecule has 0 aliphatic carbocycles. The molecule has 0 radical (unpaired) electrons.